The van der Waals surface area contributed by atoms with Gasteiger partial charge >= 0.3 is 6.03 Å². The van der Waals surface area contributed by atoms with Crippen LogP contribution in [0.25, 0.3) is 0 Å². The van der Waals surface area contributed by atoms with E-state index in [0.717, 1.165) is 17.9 Å². The summed E-state index contributed by atoms with van der Waals surface area (Å²) in [5.41, 5.74) is -1.07. The van der Waals surface area contributed by atoms with Gasteiger partial charge in [-0.2, -0.15) is 11.8 Å². The van der Waals surface area contributed by atoms with Crippen molar-refractivity contribution in [2.75, 3.05) is 18.1 Å². The fourth-order valence-corrected chi connectivity index (χ4v) is 2.50. The Morgan fingerprint density at radius 3 is 2.39 bits per heavy atom. The Hall–Kier alpha value is -0.710. The first-order valence-electron chi connectivity index (χ1n) is 6.46. The van der Waals surface area contributed by atoms with Crippen LogP contribution in [0.15, 0.2) is 0 Å². The Morgan fingerprint density at radius 1 is 1.33 bits per heavy atom. The first-order valence-corrected chi connectivity index (χ1v) is 7.61. The normalized spacial score (nSPS) is 24.6. The standard InChI is InChI=1S/C13H24N2O2S/c1-6-18-9-7-8-15-10(16)13(5,12(2,3)4)14-11(15)17/h6-9H2,1-5H3,(H,14,17)/t13-/m0/s1. The minimum Gasteiger partial charge on any atom is -0.323 e. The second kappa shape index (κ2) is 5.51. The fourth-order valence-electron chi connectivity index (χ4n) is 1.88. The van der Waals surface area contributed by atoms with Crippen molar-refractivity contribution in [2.24, 2.45) is 5.41 Å². The third-order valence-corrected chi connectivity index (χ3v) is 4.64. The number of carbonyl (C=O) groups excluding carboxylic acids is 2. The van der Waals surface area contributed by atoms with E-state index in [2.05, 4.69) is 12.2 Å². The minimum atomic E-state index is -0.790. The van der Waals surface area contributed by atoms with Crippen LogP contribution in [-0.2, 0) is 4.79 Å². The van der Waals surface area contributed by atoms with Crippen LogP contribution < -0.4 is 5.32 Å². The highest BCUT2D eigenvalue weighted by molar-refractivity contribution is 7.99. The summed E-state index contributed by atoms with van der Waals surface area (Å²) in [6.07, 6.45) is 0.859. The van der Waals surface area contributed by atoms with E-state index in [9.17, 15) is 9.59 Å². The number of carbonyl (C=O) groups is 2. The molecular formula is C13H24N2O2S. The quantitative estimate of drug-likeness (QED) is 0.618. The maximum absolute atomic E-state index is 12.4. The van der Waals surface area contributed by atoms with Gasteiger partial charge in [0.05, 0.1) is 0 Å². The summed E-state index contributed by atoms with van der Waals surface area (Å²) in [6, 6.07) is -0.251. The maximum atomic E-state index is 12.4. The van der Waals surface area contributed by atoms with E-state index in [1.807, 2.05) is 39.5 Å². The molecule has 1 fully saturated rings. The lowest BCUT2D eigenvalue weighted by Crippen LogP contribution is -2.54. The molecule has 104 valence electrons. The second-order valence-corrected chi connectivity index (χ2v) is 7.21. The van der Waals surface area contributed by atoms with Gasteiger partial charge in [0.15, 0.2) is 0 Å². The van der Waals surface area contributed by atoms with E-state index >= 15 is 0 Å². The highest BCUT2D eigenvalue weighted by atomic mass is 32.2. The average molecular weight is 272 g/mol. The molecule has 0 spiro atoms. The van der Waals surface area contributed by atoms with Gasteiger partial charge in [-0.15, -0.1) is 0 Å². The molecule has 0 aromatic carbocycles. The van der Waals surface area contributed by atoms with Gasteiger partial charge in [-0.3, -0.25) is 9.69 Å². The number of urea groups is 1. The smallest absolute Gasteiger partial charge is 0.323 e. The molecule has 1 rings (SSSR count). The van der Waals surface area contributed by atoms with Gasteiger partial charge in [-0.25, -0.2) is 4.79 Å². The Balaban J connectivity index is 2.68. The zero-order valence-corrected chi connectivity index (χ0v) is 12.8. The molecule has 0 unspecified atom stereocenters. The third-order valence-electron chi connectivity index (χ3n) is 3.65. The fraction of sp³-hybridized carbons (Fsp3) is 0.846. The van der Waals surface area contributed by atoms with Gasteiger partial charge in [-0.05, 0) is 30.3 Å². The van der Waals surface area contributed by atoms with Crippen molar-refractivity contribution in [1.82, 2.24) is 10.2 Å². The average Bonchev–Trinajstić information content (AvgIpc) is 2.47. The predicted molar refractivity (Wildman–Crippen MR) is 75.7 cm³/mol. The number of nitrogens with zero attached hydrogens (tertiary/aromatic N) is 1. The van der Waals surface area contributed by atoms with Gasteiger partial charge < -0.3 is 5.32 Å². The first kappa shape index (κ1) is 15.3. The van der Waals surface area contributed by atoms with Crippen LogP contribution in [0, 0.1) is 5.41 Å². The van der Waals surface area contributed by atoms with Gasteiger partial charge in [0, 0.05) is 6.54 Å². The number of imide groups is 1. The summed E-state index contributed by atoms with van der Waals surface area (Å²) in [4.78, 5) is 25.6. The number of thioether (sulfide) groups is 1. The lowest BCUT2D eigenvalue weighted by Gasteiger charge is -2.35. The number of hydrogen-bond acceptors (Lipinski definition) is 3. The molecule has 0 aromatic heterocycles. The number of amides is 3. The zero-order valence-electron chi connectivity index (χ0n) is 12.0. The minimum absolute atomic E-state index is 0.0958. The molecule has 1 heterocycles. The van der Waals surface area contributed by atoms with E-state index in [-0.39, 0.29) is 17.4 Å². The molecule has 0 bridgehead atoms. The summed E-state index contributed by atoms with van der Waals surface area (Å²) < 4.78 is 0. The second-order valence-electron chi connectivity index (χ2n) is 5.81. The Bertz CT molecular complexity index is 338. The van der Waals surface area contributed by atoms with E-state index in [1.54, 1.807) is 0 Å². The Morgan fingerprint density at radius 2 is 1.94 bits per heavy atom. The van der Waals surface area contributed by atoms with Crippen LogP contribution >= 0.6 is 11.8 Å². The molecule has 5 heteroatoms. The third kappa shape index (κ3) is 2.82. The van der Waals surface area contributed by atoms with Crippen molar-refractivity contribution in [3.05, 3.63) is 0 Å². The van der Waals surface area contributed by atoms with E-state index in [4.69, 9.17) is 0 Å². The van der Waals surface area contributed by atoms with Crippen LogP contribution in [-0.4, -0.2) is 40.4 Å². The lowest BCUT2D eigenvalue weighted by atomic mass is 9.75. The predicted octanol–water partition coefficient (Wildman–Crippen LogP) is 2.49. The van der Waals surface area contributed by atoms with Crippen molar-refractivity contribution in [1.29, 1.82) is 0 Å². The first-order chi connectivity index (χ1) is 8.24. The molecule has 1 saturated heterocycles. The summed E-state index contributed by atoms with van der Waals surface area (Å²) in [6.45, 7) is 10.4. The molecular weight excluding hydrogens is 248 g/mol. The molecule has 1 aliphatic heterocycles. The molecule has 0 saturated carbocycles. The summed E-state index contributed by atoms with van der Waals surface area (Å²) in [5.74, 6) is 1.96. The molecule has 1 aliphatic rings. The maximum Gasteiger partial charge on any atom is 0.325 e. The van der Waals surface area contributed by atoms with E-state index in [1.165, 1.54) is 4.90 Å². The number of nitrogens with one attached hydrogen (secondary N) is 1. The zero-order chi connectivity index (χ0) is 14.0. The van der Waals surface area contributed by atoms with Crippen LogP contribution in [0.5, 0.6) is 0 Å². The molecule has 4 nitrogen and oxygen atoms in total. The summed E-state index contributed by atoms with van der Waals surface area (Å²) in [5, 5.41) is 2.84. The van der Waals surface area contributed by atoms with Crippen molar-refractivity contribution >= 4 is 23.7 Å². The SMILES string of the molecule is CCSCCCN1C(=O)N[C@](C)(C(C)(C)C)C1=O. The summed E-state index contributed by atoms with van der Waals surface area (Å²) in [7, 11) is 0. The highest BCUT2D eigenvalue weighted by Crippen LogP contribution is 2.35. The molecule has 0 aromatic rings. The Kier molecular flexibility index (Phi) is 4.70. The van der Waals surface area contributed by atoms with Crippen LogP contribution in [0.4, 0.5) is 4.79 Å². The van der Waals surface area contributed by atoms with Crippen molar-refractivity contribution in [2.45, 2.75) is 46.6 Å². The monoisotopic (exact) mass is 272 g/mol. The van der Waals surface area contributed by atoms with Crippen molar-refractivity contribution in [3.8, 4) is 0 Å². The molecule has 1 N–H and O–H groups in total. The number of rotatable bonds is 5. The van der Waals surface area contributed by atoms with Gasteiger partial charge in [0.2, 0.25) is 0 Å². The van der Waals surface area contributed by atoms with Gasteiger partial charge in [0.1, 0.15) is 5.54 Å². The van der Waals surface area contributed by atoms with Crippen LogP contribution in [0.2, 0.25) is 0 Å². The van der Waals surface area contributed by atoms with Crippen molar-refractivity contribution < 1.29 is 9.59 Å². The topological polar surface area (TPSA) is 49.4 Å². The largest absolute Gasteiger partial charge is 0.325 e. The van der Waals surface area contributed by atoms with Crippen LogP contribution in [0.1, 0.15) is 41.0 Å². The summed E-state index contributed by atoms with van der Waals surface area (Å²) >= 11 is 1.83. The Labute approximate surface area is 114 Å². The van der Waals surface area contributed by atoms with Gasteiger partial charge in [-0.1, -0.05) is 27.7 Å². The van der Waals surface area contributed by atoms with E-state index < -0.39 is 5.54 Å². The molecule has 1 atom stereocenters. The highest BCUT2D eigenvalue weighted by Gasteiger charge is 2.54. The molecule has 0 radical (unpaired) electrons. The molecule has 0 aliphatic carbocycles. The van der Waals surface area contributed by atoms with Crippen molar-refractivity contribution in [3.63, 3.8) is 0 Å². The van der Waals surface area contributed by atoms with Gasteiger partial charge in [0.25, 0.3) is 5.91 Å². The lowest BCUT2D eigenvalue weighted by molar-refractivity contribution is -0.134. The molecule has 18 heavy (non-hydrogen) atoms. The van der Waals surface area contributed by atoms with Crippen LogP contribution in [0.3, 0.4) is 0 Å². The number of hydrogen-bond donors (Lipinski definition) is 1. The van der Waals surface area contributed by atoms with E-state index in [0.29, 0.717) is 6.54 Å². The molecule has 3 amide bonds.